The number of hydrogen-bond donors (Lipinski definition) is 1. The quantitative estimate of drug-likeness (QED) is 0.628. The second-order valence-electron chi connectivity index (χ2n) is 1.83. The highest BCUT2D eigenvalue weighted by Gasteiger charge is 1.95. The molecule has 2 N–H and O–H groups in total. The number of hydrogen-bond acceptors (Lipinski definition) is 2. The van der Waals surface area contributed by atoms with Crippen molar-refractivity contribution >= 4 is 11.8 Å². The molecular formula is C6H15NS. The molecule has 0 aromatic heterocycles. The van der Waals surface area contributed by atoms with Crippen LogP contribution in [0.1, 0.15) is 20.3 Å². The minimum absolute atomic E-state index is 0.417. The van der Waals surface area contributed by atoms with E-state index in [0.717, 1.165) is 12.2 Å². The summed E-state index contributed by atoms with van der Waals surface area (Å²) in [6.07, 6.45) is 1.10. The van der Waals surface area contributed by atoms with E-state index in [1.54, 1.807) is 0 Å². The van der Waals surface area contributed by atoms with Crippen molar-refractivity contribution in [2.45, 2.75) is 26.3 Å². The van der Waals surface area contributed by atoms with Gasteiger partial charge in [0.05, 0.1) is 0 Å². The van der Waals surface area contributed by atoms with Crippen LogP contribution in [0.2, 0.25) is 0 Å². The minimum Gasteiger partial charge on any atom is -0.327 e. The SMILES string of the molecule is CCSCC(N)CC. The van der Waals surface area contributed by atoms with Crippen molar-refractivity contribution in [1.29, 1.82) is 0 Å². The van der Waals surface area contributed by atoms with Crippen LogP contribution in [0.4, 0.5) is 0 Å². The average molecular weight is 133 g/mol. The maximum Gasteiger partial charge on any atom is 0.0127 e. The Hall–Kier alpha value is 0.310. The molecule has 0 aliphatic heterocycles. The van der Waals surface area contributed by atoms with Gasteiger partial charge in [0, 0.05) is 11.8 Å². The van der Waals surface area contributed by atoms with Crippen LogP contribution in [0.15, 0.2) is 0 Å². The molecule has 0 aliphatic carbocycles. The Morgan fingerprint density at radius 3 is 2.50 bits per heavy atom. The second kappa shape index (κ2) is 5.45. The topological polar surface area (TPSA) is 26.0 Å². The van der Waals surface area contributed by atoms with Crippen LogP contribution in [-0.2, 0) is 0 Å². The molecule has 0 aromatic carbocycles. The van der Waals surface area contributed by atoms with Gasteiger partial charge in [-0.15, -0.1) is 0 Å². The molecule has 0 amide bonds. The number of rotatable bonds is 4. The van der Waals surface area contributed by atoms with E-state index in [9.17, 15) is 0 Å². The predicted molar refractivity (Wildman–Crippen MR) is 41.3 cm³/mol. The molecule has 0 aromatic rings. The third-order valence-electron chi connectivity index (χ3n) is 1.06. The first-order valence-electron chi connectivity index (χ1n) is 3.14. The van der Waals surface area contributed by atoms with Crippen LogP contribution in [0.3, 0.4) is 0 Å². The van der Waals surface area contributed by atoms with Gasteiger partial charge in [-0.3, -0.25) is 0 Å². The Labute approximate surface area is 56.0 Å². The Kier molecular flexibility index (Phi) is 5.66. The van der Waals surface area contributed by atoms with Crippen LogP contribution in [0, 0.1) is 0 Å². The zero-order valence-corrected chi connectivity index (χ0v) is 6.50. The molecule has 0 radical (unpaired) electrons. The summed E-state index contributed by atoms with van der Waals surface area (Å²) < 4.78 is 0. The Balaban J connectivity index is 2.86. The van der Waals surface area contributed by atoms with E-state index in [2.05, 4.69) is 13.8 Å². The molecule has 0 aliphatic rings. The van der Waals surface area contributed by atoms with Gasteiger partial charge in [-0.05, 0) is 12.2 Å². The molecule has 0 saturated carbocycles. The molecule has 0 spiro atoms. The number of nitrogens with two attached hydrogens (primary N) is 1. The third kappa shape index (κ3) is 4.47. The summed E-state index contributed by atoms with van der Waals surface area (Å²) in [5.41, 5.74) is 5.64. The van der Waals surface area contributed by atoms with E-state index in [1.165, 1.54) is 5.75 Å². The molecule has 0 saturated heterocycles. The molecule has 0 rings (SSSR count). The Bertz CT molecular complexity index is 47.8. The lowest BCUT2D eigenvalue weighted by atomic mass is 10.3. The zero-order chi connectivity index (χ0) is 6.41. The molecule has 2 heteroatoms. The van der Waals surface area contributed by atoms with Gasteiger partial charge in [0.1, 0.15) is 0 Å². The molecular weight excluding hydrogens is 118 g/mol. The lowest BCUT2D eigenvalue weighted by molar-refractivity contribution is 0.725. The summed E-state index contributed by atoms with van der Waals surface area (Å²) >= 11 is 1.92. The van der Waals surface area contributed by atoms with Gasteiger partial charge in [-0.2, -0.15) is 11.8 Å². The maximum atomic E-state index is 5.64. The van der Waals surface area contributed by atoms with E-state index >= 15 is 0 Å². The van der Waals surface area contributed by atoms with Crippen molar-refractivity contribution in [3.8, 4) is 0 Å². The van der Waals surface area contributed by atoms with Crippen molar-refractivity contribution in [3.63, 3.8) is 0 Å². The van der Waals surface area contributed by atoms with Crippen molar-refractivity contribution in [2.24, 2.45) is 5.73 Å². The largest absolute Gasteiger partial charge is 0.327 e. The minimum atomic E-state index is 0.417. The lowest BCUT2D eigenvalue weighted by Gasteiger charge is -2.04. The van der Waals surface area contributed by atoms with Crippen LogP contribution in [0.25, 0.3) is 0 Å². The van der Waals surface area contributed by atoms with Gasteiger partial charge in [-0.25, -0.2) is 0 Å². The molecule has 50 valence electrons. The number of thioether (sulfide) groups is 1. The van der Waals surface area contributed by atoms with E-state index < -0.39 is 0 Å². The lowest BCUT2D eigenvalue weighted by Crippen LogP contribution is -2.21. The fourth-order valence-corrected chi connectivity index (χ4v) is 1.16. The molecule has 0 fully saturated rings. The highest BCUT2D eigenvalue weighted by atomic mass is 32.2. The Morgan fingerprint density at radius 2 is 2.12 bits per heavy atom. The molecule has 8 heavy (non-hydrogen) atoms. The van der Waals surface area contributed by atoms with Gasteiger partial charge in [0.2, 0.25) is 0 Å². The average Bonchev–Trinajstić information content (AvgIpc) is 1.83. The predicted octanol–water partition coefficient (Wildman–Crippen LogP) is 1.48. The smallest absolute Gasteiger partial charge is 0.0127 e. The van der Waals surface area contributed by atoms with E-state index in [0.29, 0.717) is 6.04 Å². The summed E-state index contributed by atoms with van der Waals surface area (Å²) in [5, 5.41) is 0. The van der Waals surface area contributed by atoms with Crippen LogP contribution in [0.5, 0.6) is 0 Å². The molecule has 1 atom stereocenters. The molecule has 1 unspecified atom stereocenters. The van der Waals surface area contributed by atoms with Gasteiger partial charge in [-0.1, -0.05) is 13.8 Å². The molecule has 0 bridgehead atoms. The van der Waals surface area contributed by atoms with Gasteiger partial charge < -0.3 is 5.73 Å². The van der Waals surface area contributed by atoms with Crippen molar-refractivity contribution in [1.82, 2.24) is 0 Å². The standard InChI is InChI=1S/C6H15NS/c1-3-6(7)5-8-4-2/h6H,3-5,7H2,1-2H3. The van der Waals surface area contributed by atoms with Crippen LogP contribution in [-0.4, -0.2) is 17.5 Å². The highest BCUT2D eigenvalue weighted by molar-refractivity contribution is 7.99. The van der Waals surface area contributed by atoms with Crippen LogP contribution >= 0.6 is 11.8 Å². The second-order valence-corrected chi connectivity index (χ2v) is 3.15. The van der Waals surface area contributed by atoms with Crippen molar-refractivity contribution in [2.75, 3.05) is 11.5 Å². The van der Waals surface area contributed by atoms with Gasteiger partial charge >= 0.3 is 0 Å². The van der Waals surface area contributed by atoms with E-state index in [-0.39, 0.29) is 0 Å². The summed E-state index contributed by atoms with van der Waals surface area (Å²) in [4.78, 5) is 0. The highest BCUT2D eigenvalue weighted by Crippen LogP contribution is 2.01. The van der Waals surface area contributed by atoms with Gasteiger partial charge in [0.25, 0.3) is 0 Å². The van der Waals surface area contributed by atoms with Crippen molar-refractivity contribution < 1.29 is 0 Å². The summed E-state index contributed by atoms with van der Waals surface area (Å²) in [7, 11) is 0. The monoisotopic (exact) mass is 133 g/mol. The third-order valence-corrected chi connectivity index (χ3v) is 2.13. The first kappa shape index (κ1) is 8.31. The van der Waals surface area contributed by atoms with E-state index in [1.807, 2.05) is 11.8 Å². The van der Waals surface area contributed by atoms with E-state index in [4.69, 9.17) is 5.73 Å². The molecule has 0 heterocycles. The normalized spacial score (nSPS) is 13.9. The summed E-state index contributed by atoms with van der Waals surface area (Å²) in [6, 6.07) is 0.417. The summed E-state index contributed by atoms with van der Waals surface area (Å²) in [6.45, 7) is 4.29. The fraction of sp³-hybridized carbons (Fsp3) is 1.00. The zero-order valence-electron chi connectivity index (χ0n) is 5.68. The first-order valence-corrected chi connectivity index (χ1v) is 4.30. The van der Waals surface area contributed by atoms with Crippen LogP contribution < -0.4 is 5.73 Å². The summed E-state index contributed by atoms with van der Waals surface area (Å²) in [5.74, 6) is 2.31. The maximum absolute atomic E-state index is 5.64. The molecule has 1 nitrogen and oxygen atoms in total. The first-order chi connectivity index (χ1) is 3.81. The van der Waals surface area contributed by atoms with Gasteiger partial charge in [0.15, 0.2) is 0 Å². The van der Waals surface area contributed by atoms with Crippen molar-refractivity contribution in [3.05, 3.63) is 0 Å². The Morgan fingerprint density at radius 1 is 1.50 bits per heavy atom. The fourth-order valence-electron chi connectivity index (χ4n) is 0.387.